The topological polar surface area (TPSA) is 78.2 Å². The molecule has 2 bridgehead atoms. The number of ether oxygens (including phenoxy) is 2. The number of pyridine rings is 1. The maximum Gasteiger partial charge on any atom is 0.312 e. The molecule has 10 rings (SSSR count). The van der Waals surface area contributed by atoms with Gasteiger partial charge in [0.15, 0.2) is 11.5 Å². The Kier molecular flexibility index (Phi) is 7.64. The third-order valence-corrected chi connectivity index (χ3v) is 18.0. The molecule has 9 heteroatoms. The molecule has 268 valence electrons. The van der Waals surface area contributed by atoms with Crippen molar-refractivity contribution in [3.05, 3.63) is 120 Å². The Labute approximate surface area is 307 Å². The van der Waals surface area contributed by atoms with Crippen LogP contribution in [0.4, 0.5) is 5.69 Å². The molecule has 5 aliphatic rings. The molecule has 4 unspecified atom stereocenters. The average Bonchev–Trinajstić information content (AvgIpc) is 3.81. The molecule has 5 fully saturated rings. The first kappa shape index (κ1) is 33.5. The highest BCUT2D eigenvalue weighted by Gasteiger charge is 2.76. The molecule has 4 atom stereocenters. The lowest BCUT2D eigenvalue weighted by atomic mass is 9.53. The van der Waals surface area contributed by atoms with Gasteiger partial charge in [-0.15, -0.1) is 5.10 Å². The van der Waals surface area contributed by atoms with Crippen LogP contribution < -0.4 is 15.3 Å². The molecule has 2 aliphatic carbocycles. The second kappa shape index (κ2) is 11.8. The van der Waals surface area contributed by atoms with E-state index in [4.69, 9.17) is 24.0 Å². The van der Waals surface area contributed by atoms with E-state index in [0.29, 0.717) is 36.8 Å². The number of carbonyl (C=O) groups is 1. The van der Waals surface area contributed by atoms with Gasteiger partial charge in [-0.05, 0) is 64.7 Å². The Balaban J connectivity index is 1.01. The summed E-state index contributed by atoms with van der Waals surface area (Å²) in [7, 11) is -1.39. The van der Waals surface area contributed by atoms with Gasteiger partial charge in [0.1, 0.15) is 11.5 Å². The first-order chi connectivity index (χ1) is 25.0. The largest absolute Gasteiger partial charge is 0.469 e. The number of methoxy groups -OCH3 is 1. The van der Waals surface area contributed by atoms with Gasteiger partial charge in [0.2, 0.25) is 0 Å². The smallest absolute Gasteiger partial charge is 0.312 e. The monoisotopic (exact) mass is 712 g/mol. The number of hydrogen-bond acceptors (Lipinski definition) is 7. The molecular weight excluding hydrogens is 665 g/mol. The van der Waals surface area contributed by atoms with Crippen molar-refractivity contribution in [1.82, 2.24) is 14.6 Å². The number of aryl methyl sites for hydroxylation is 1. The van der Waals surface area contributed by atoms with E-state index in [9.17, 15) is 4.79 Å². The number of rotatable bonds is 9. The van der Waals surface area contributed by atoms with Crippen LogP contribution in [0.2, 0.25) is 5.04 Å². The van der Waals surface area contributed by atoms with E-state index < -0.39 is 25.3 Å². The van der Waals surface area contributed by atoms with Crippen LogP contribution in [0.3, 0.4) is 0 Å². The molecule has 2 aromatic heterocycles. The first-order valence-electron chi connectivity index (χ1n) is 18.7. The van der Waals surface area contributed by atoms with Crippen molar-refractivity contribution in [3.63, 3.8) is 0 Å². The van der Waals surface area contributed by atoms with E-state index >= 15 is 0 Å². The van der Waals surface area contributed by atoms with Crippen LogP contribution in [-0.4, -0.2) is 62.3 Å². The molecule has 0 amide bonds. The zero-order chi connectivity index (χ0) is 35.9. The van der Waals surface area contributed by atoms with Crippen molar-refractivity contribution >= 4 is 36.0 Å². The van der Waals surface area contributed by atoms with Crippen LogP contribution in [0.5, 0.6) is 0 Å². The molecule has 3 saturated heterocycles. The molecule has 8 nitrogen and oxygen atoms in total. The van der Waals surface area contributed by atoms with Crippen LogP contribution in [-0.2, 0) is 24.3 Å². The van der Waals surface area contributed by atoms with Crippen molar-refractivity contribution in [1.29, 1.82) is 0 Å². The molecule has 5 aromatic rings. The summed E-state index contributed by atoms with van der Waals surface area (Å²) in [6.45, 7) is 11.8. The number of benzene rings is 3. The minimum Gasteiger partial charge on any atom is -0.469 e. The fraction of sp³-hybridized carbons (Fsp3) is 0.419. The number of nitrogens with zero attached hydrogens (tertiary/aromatic N) is 4. The fourth-order valence-corrected chi connectivity index (χ4v) is 15.0. The van der Waals surface area contributed by atoms with Crippen molar-refractivity contribution in [2.45, 2.75) is 63.5 Å². The van der Waals surface area contributed by atoms with Crippen LogP contribution in [0, 0.1) is 23.7 Å². The Hall–Kier alpha value is -4.31. The summed E-state index contributed by atoms with van der Waals surface area (Å²) in [5, 5.41) is 7.28. The normalized spacial score (nSPS) is 26.1. The summed E-state index contributed by atoms with van der Waals surface area (Å²) in [6.07, 6.45) is 5.22. The van der Waals surface area contributed by atoms with E-state index in [0.717, 1.165) is 30.0 Å². The number of aromatic nitrogens is 3. The highest BCUT2D eigenvalue weighted by Crippen LogP contribution is 2.67. The SMILES string of the molecule is COC(=O)C1C2(CO[Si](c3ccccc3)(c3ccccc3)C(C)(C)C)COC1(c1nc3c(C)cc(N4CC5(CCC5c5ccccc5)C4)cn3n1)C2. The van der Waals surface area contributed by atoms with Gasteiger partial charge in [0.25, 0.3) is 8.32 Å². The summed E-state index contributed by atoms with van der Waals surface area (Å²) >= 11 is 0. The maximum atomic E-state index is 13.8. The Bertz CT molecular complexity index is 2090. The Morgan fingerprint density at radius 3 is 2.17 bits per heavy atom. The third kappa shape index (κ3) is 4.74. The van der Waals surface area contributed by atoms with Gasteiger partial charge in [-0.2, -0.15) is 0 Å². The standard InChI is InChI=1S/C43H48N4O4Si/c1-30-23-32(46-26-41(27-46)22-21-35(41)31-15-9-6-10-16-31)24-47-37(30)44-39(45-47)43-25-42(28-50-43,36(43)38(48)49-5)29-51-52(40(2,3)4,33-17-11-7-12-18-33)34-19-13-8-14-20-34/h6-20,23-24,35-36H,21-22,25-29H2,1-5H3. The number of fused-ring (bicyclic) bond motifs is 2. The predicted octanol–water partition coefficient (Wildman–Crippen LogP) is 6.40. The number of carbonyl (C=O) groups excluding carboxylic acids is 1. The third-order valence-electron chi connectivity index (χ3n) is 13.0. The average molecular weight is 713 g/mol. The molecule has 3 aromatic carbocycles. The first-order valence-corrected chi connectivity index (χ1v) is 20.6. The van der Waals surface area contributed by atoms with Gasteiger partial charge in [0, 0.05) is 30.5 Å². The van der Waals surface area contributed by atoms with Crippen molar-refractivity contribution in [3.8, 4) is 0 Å². The summed E-state index contributed by atoms with van der Waals surface area (Å²) < 4.78 is 21.5. The number of anilines is 1. The lowest BCUT2D eigenvalue weighted by Gasteiger charge is -2.61. The maximum absolute atomic E-state index is 13.8. The summed E-state index contributed by atoms with van der Waals surface area (Å²) in [6, 6.07) is 34.5. The molecule has 3 aliphatic heterocycles. The predicted molar refractivity (Wildman–Crippen MR) is 205 cm³/mol. The van der Waals surface area contributed by atoms with Gasteiger partial charge in [-0.3, -0.25) is 4.79 Å². The zero-order valence-corrected chi connectivity index (χ0v) is 31.8. The van der Waals surface area contributed by atoms with E-state index in [1.54, 1.807) is 0 Å². The molecule has 2 saturated carbocycles. The zero-order valence-electron chi connectivity index (χ0n) is 30.8. The van der Waals surface area contributed by atoms with E-state index in [1.807, 2.05) is 4.52 Å². The summed E-state index contributed by atoms with van der Waals surface area (Å²) in [4.78, 5) is 21.3. The minimum absolute atomic E-state index is 0.191. The van der Waals surface area contributed by atoms with Gasteiger partial charge in [-0.1, -0.05) is 112 Å². The van der Waals surface area contributed by atoms with Gasteiger partial charge in [0.05, 0.1) is 25.6 Å². The van der Waals surface area contributed by atoms with E-state index in [1.165, 1.54) is 35.9 Å². The van der Waals surface area contributed by atoms with Crippen molar-refractivity contribution in [2.75, 3.05) is 38.3 Å². The second-order valence-corrected chi connectivity index (χ2v) is 21.2. The molecule has 5 heterocycles. The Morgan fingerprint density at radius 1 is 0.962 bits per heavy atom. The van der Waals surface area contributed by atoms with Crippen LogP contribution in [0.15, 0.2) is 103 Å². The second-order valence-electron chi connectivity index (χ2n) is 16.9. The van der Waals surface area contributed by atoms with Crippen LogP contribution >= 0.6 is 0 Å². The molecule has 0 radical (unpaired) electrons. The molecule has 1 spiro atoms. The Morgan fingerprint density at radius 2 is 1.60 bits per heavy atom. The quantitative estimate of drug-likeness (QED) is 0.129. The lowest BCUT2D eigenvalue weighted by molar-refractivity contribution is -0.176. The lowest BCUT2D eigenvalue weighted by Crippen LogP contribution is -2.68. The molecule has 52 heavy (non-hydrogen) atoms. The van der Waals surface area contributed by atoms with Crippen LogP contribution in [0.25, 0.3) is 5.65 Å². The number of hydrogen-bond donors (Lipinski definition) is 0. The highest BCUT2D eigenvalue weighted by molar-refractivity contribution is 6.99. The van der Waals surface area contributed by atoms with Gasteiger partial charge >= 0.3 is 5.97 Å². The van der Waals surface area contributed by atoms with Crippen LogP contribution in [0.1, 0.15) is 62.9 Å². The van der Waals surface area contributed by atoms with Gasteiger partial charge in [-0.25, -0.2) is 9.50 Å². The molecule has 0 N–H and O–H groups in total. The molecular formula is C43H48N4O4Si. The van der Waals surface area contributed by atoms with E-state index in [2.05, 4.69) is 136 Å². The van der Waals surface area contributed by atoms with Gasteiger partial charge < -0.3 is 18.8 Å². The minimum atomic E-state index is -2.85. The summed E-state index contributed by atoms with van der Waals surface area (Å²) in [5.74, 6) is 0.292. The highest BCUT2D eigenvalue weighted by atomic mass is 28.4. The fourth-order valence-electron chi connectivity index (χ4n) is 10.3. The van der Waals surface area contributed by atoms with Crippen molar-refractivity contribution < 1.29 is 18.7 Å². The summed E-state index contributed by atoms with van der Waals surface area (Å²) in [5.41, 5.74) is 3.29. The van der Waals surface area contributed by atoms with Crippen molar-refractivity contribution in [2.24, 2.45) is 16.7 Å². The number of esters is 1. The van der Waals surface area contributed by atoms with E-state index in [-0.39, 0.29) is 11.0 Å².